The molecule has 0 aliphatic rings. The Morgan fingerprint density at radius 3 is 1.91 bits per heavy atom. The lowest BCUT2D eigenvalue weighted by Gasteiger charge is -2.11. The first-order chi connectivity index (χ1) is 10.3. The van der Waals surface area contributed by atoms with Crippen molar-refractivity contribution >= 4 is 33.4 Å². The Labute approximate surface area is 136 Å². The molecule has 0 saturated carbocycles. The van der Waals surface area contributed by atoms with E-state index in [1.165, 1.54) is 0 Å². The maximum absolute atomic E-state index is 12.9. The highest BCUT2D eigenvalue weighted by Gasteiger charge is 2.48. The Kier molecular flexibility index (Phi) is 5.38. The molecule has 2 nitrogen and oxygen atoms in total. The van der Waals surface area contributed by atoms with E-state index in [-0.39, 0.29) is 6.42 Å². The third-order valence-electron chi connectivity index (χ3n) is 2.73. The summed E-state index contributed by atoms with van der Waals surface area (Å²) in [5, 5.41) is 0. The zero-order valence-corrected chi connectivity index (χ0v) is 14.2. The zero-order valence-electron chi connectivity index (χ0n) is 11.2. The third kappa shape index (κ3) is 4.16. The van der Waals surface area contributed by atoms with E-state index >= 15 is 0 Å². The normalized spacial score (nSPS) is 13.5. The van der Waals surface area contributed by atoms with Crippen LogP contribution >= 0.6 is 20.7 Å². The highest BCUT2D eigenvalue weighted by atomic mass is 127. The molecular weight excluding hydrogens is 428 g/mol. The summed E-state index contributed by atoms with van der Waals surface area (Å²) in [4.78, 5) is 0. The van der Waals surface area contributed by atoms with Crippen molar-refractivity contribution in [3.05, 3.63) is 69.8 Å². The van der Waals surface area contributed by atoms with Gasteiger partial charge in [-0.2, -0.15) is 13.2 Å². The van der Waals surface area contributed by atoms with Crippen LogP contribution in [0.15, 0.2) is 60.7 Å². The van der Waals surface area contributed by atoms with E-state index in [1.54, 1.807) is 60.7 Å². The number of hydrogen-bond donors (Lipinski definition) is 0. The highest BCUT2D eigenvalue weighted by Crippen LogP contribution is 2.30. The van der Waals surface area contributed by atoms with Gasteiger partial charge < -0.3 is 0 Å². The predicted octanol–water partition coefficient (Wildman–Crippen LogP) is 4.13. The van der Waals surface area contributed by atoms with E-state index in [0.717, 1.165) is 0 Å². The summed E-state index contributed by atoms with van der Waals surface area (Å²) < 4.78 is 62.6. The Morgan fingerprint density at radius 1 is 0.909 bits per heavy atom. The number of sulfone groups is 1. The first-order valence-electron chi connectivity index (χ1n) is 6.21. The molecular formula is C15H12F3IO2S. The van der Waals surface area contributed by atoms with E-state index in [4.69, 9.17) is 0 Å². The minimum Gasteiger partial charge on any atom is -0.214 e. The molecule has 0 heterocycles. The summed E-state index contributed by atoms with van der Waals surface area (Å²) >= 11 is -1.41. The molecule has 0 bridgehead atoms. The van der Waals surface area contributed by atoms with Gasteiger partial charge in [0.15, 0.2) is 0 Å². The molecule has 0 aliphatic carbocycles. The van der Waals surface area contributed by atoms with Crippen LogP contribution in [0.1, 0.15) is 5.56 Å². The van der Waals surface area contributed by atoms with Gasteiger partial charge in [-0.25, -0.2) is 8.42 Å². The minimum absolute atomic E-state index is 0.204. The molecule has 0 aromatic heterocycles. The van der Waals surface area contributed by atoms with Gasteiger partial charge in [-0.15, -0.1) is 0 Å². The van der Waals surface area contributed by atoms with E-state index in [9.17, 15) is 21.6 Å². The summed E-state index contributed by atoms with van der Waals surface area (Å²) in [6, 6.07) is 16.8. The molecule has 2 aromatic carbocycles. The molecule has 118 valence electrons. The lowest BCUT2D eigenvalue weighted by Crippen LogP contribution is -2.31. The highest BCUT2D eigenvalue weighted by molar-refractivity contribution is 14.2. The second kappa shape index (κ2) is 6.91. The SMILES string of the molecule is O=S(=O)(C(Cc1ccccc1)=Ic1ccccc1)C(F)(F)F. The summed E-state index contributed by atoms with van der Waals surface area (Å²) in [5.74, 6) is 0. The molecule has 0 fully saturated rings. The summed E-state index contributed by atoms with van der Waals surface area (Å²) in [6.07, 6.45) is -0.204. The summed E-state index contributed by atoms with van der Waals surface area (Å²) in [5.41, 5.74) is -4.70. The Hall–Kier alpha value is -1.22. The first kappa shape index (κ1) is 17.1. The van der Waals surface area contributed by atoms with Crippen molar-refractivity contribution in [2.75, 3.05) is 0 Å². The molecule has 0 radical (unpaired) electrons. The molecule has 22 heavy (non-hydrogen) atoms. The molecule has 0 N–H and O–H groups in total. The average Bonchev–Trinajstić information content (AvgIpc) is 2.47. The van der Waals surface area contributed by atoms with Crippen LogP contribution in [0, 0.1) is 3.57 Å². The van der Waals surface area contributed by atoms with Gasteiger partial charge in [0.1, 0.15) is 0 Å². The van der Waals surface area contributed by atoms with Crippen molar-refractivity contribution in [2.24, 2.45) is 0 Å². The molecule has 0 saturated heterocycles. The maximum atomic E-state index is 12.9. The van der Waals surface area contributed by atoms with Crippen molar-refractivity contribution in [1.82, 2.24) is 0 Å². The number of hydrogen-bond acceptors (Lipinski definition) is 2. The smallest absolute Gasteiger partial charge is 0.214 e. The van der Waals surface area contributed by atoms with Crippen LogP contribution in [0.2, 0.25) is 0 Å². The molecule has 2 rings (SSSR count). The van der Waals surface area contributed by atoms with Crippen LogP contribution in [0.5, 0.6) is 0 Å². The molecule has 0 spiro atoms. The monoisotopic (exact) mass is 440 g/mol. The van der Waals surface area contributed by atoms with Crippen LogP contribution in [0.3, 0.4) is 0 Å². The van der Waals surface area contributed by atoms with Crippen molar-refractivity contribution in [1.29, 1.82) is 0 Å². The molecule has 7 heteroatoms. The van der Waals surface area contributed by atoms with Gasteiger partial charge in [-0.05, 0) is 17.7 Å². The van der Waals surface area contributed by atoms with Gasteiger partial charge in [-0.3, -0.25) is 0 Å². The summed E-state index contributed by atoms with van der Waals surface area (Å²) in [6.45, 7) is 0. The van der Waals surface area contributed by atoms with Crippen LogP contribution in [-0.4, -0.2) is 16.8 Å². The molecule has 2 aromatic rings. The fraction of sp³-hybridized carbons (Fsp3) is 0.133. The predicted molar refractivity (Wildman–Crippen MR) is 89.3 cm³/mol. The number of benzene rings is 2. The molecule has 0 unspecified atom stereocenters. The molecule has 0 amide bonds. The van der Waals surface area contributed by atoms with E-state index in [1.807, 2.05) is 0 Å². The Bertz CT molecular complexity index is 754. The van der Waals surface area contributed by atoms with Gasteiger partial charge in [0.25, 0.3) is 9.84 Å². The van der Waals surface area contributed by atoms with E-state index in [2.05, 4.69) is 0 Å². The Morgan fingerprint density at radius 2 is 1.41 bits per heavy atom. The maximum Gasteiger partial charge on any atom is 0.502 e. The lowest BCUT2D eigenvalue weighted by molar-refractivity contribution is -0.0416. The van der Waals surface area contributed by atoms with Crippen LogP contribution in [0.4, 0.5) is 13.2 Å². The fourth-order valence-electron chi connectivity index (χ4n) is 1.66. The van der Waals surface area contributed by atoms with Crippen molar-refractivity contribution in [2.45, 2.75) is 11.9 Å². The topological polar surface area (TPSA) is 34.1 Å². The van der Waals surface area contributed by atoms with Gasteiger partial charge in [0.05, 0.1) is 2.84 Å². The van der Waals surface area contributed by atoms with Crippen LogP contribution in [0.25, 0.3) is 0 Å². The fourth-order valence-corrected chi connectivity index (χ4v) is 6.69. The number of rotatable bonds is 4. The summed E-state index contributed by atoms with van der Waals surface area (Å²) in [7, 11) is -5.27. The third-order valence-corrected chi connectivity index (χ3v) is 8.65. The van der Waals surface area contributed by atoms with E-state index in [0.29, 0.717) is 9.13 Å². The Balaban J connectivity index is 2.49. The standard InChI is InChI=1S/C15H12F3IO2S/c16-15(17,18)22(20,21)14(11-12-7-3-1-4-8-12)19-13-9-5-2-6-10-13/h1-10H,11H2. The van der Waals surface area contributed by atoms with Gasteiger partial charge in [0, 0.05) is 9.99 Å². The minimum atomic E-state index is -5.27. The van der Waals surface area contributed by atoms with E-state index < -0.39 is 38.9 Å². The van der Waals surface area contributed by atoms with Crippen molar-refractivity contribution in [3.63, 3.8) is 0 Å². The second-order valence-electron chi connectivity index (χ2n) is 4.36. The second-order valence-corrected chi connectivity index (χ2v) is 10.1. The van der Waals surface area contributed by atoms with Gasteiger partial charge in [-0.1, -0.05) is 69.3 Å². The first-order valence-corrected chi connectivity index (χ1v) is 9.86. The zero-order chi connectivity index (χ0) is 16.2. The van der Waals surface area contributed by atoms with Gasteiger partial charge in [0.2, 0.25) is 0 Å². The van der Waals surface area contributed by atoms with Crippen molar-refractivity contribution in [3.8, 4) is 0 Å². The average molecular weight is 440 g/mol. The van der Waals surface area contributed by atoms with Crippen LogP contribution < -0.4 is 0 Å². The van der Waals surface area contributed by atoms with Crippen molar-refractivity contribution < 1.29 is 21.6 Å². The van der Waals surface area contributed by atoms with Gasteiger partial charge >= 0.3 is 5.51 Å². The largest absolute Gasteiger partial charge is 0.502 e. The van der Waals surface area contributed by atoms with Crippen LogP contribution in [-0.2, 0) is 16.3 Å². The lowest BCUT2D eigenvalue weighted by atomic mass is 10.2. The quantitative estimate of drug-likeness (QED) is 0.671. The molecule has 0 aliphatic heterocycles. The molecule has 0 atom stereocenters. The number of halogens is 4. The number of alkyl halides is 3.